The van der Waals surface area contributed by atoms with E-state index < -0.39 is 0 Å². The molecule has 0 fully saturated rings. The number of carbonyl (C=O) groups is 1. The maximum atomic E-state index is 12.0. The lowest BCUT2D eigenvalue weighted by molar-refractivity contribution is -0.111. The van der Waals surface area contributed by atoms with Gasteiger partial charge in [-0.15, -0.1) is 0 Å². The van der Waals surface area contributed by atoms with Crippen molar-refractivity contribution in [3.8, 4) is 0 Å². The van der Waals surface area contributed by atoms with Crippen LogP contribution in [0.1, 0.15) is 5.56 Å². The molecule has 128 valence electrons. The molecule has 0 saturated carbocycles. The van der Waals surface area contributed by atoms with Crippen LogP contribution in [0.15, 0.2) is 95.2 Å². The highest BCUT2D eigenvalue weighted by atomic mass is 35.5. The normalized spacial score (nSPS) is 11.1. The summed E-state index contributed by atoms with van der Waals surface area (Å²) in [6.07, 6.45) is 3.13. The van der Waals surface area contributed by atoms with Crippen molar-refractivity contribution in [3.63, 3.8) is 0 Å². The minimum Gasteiger partial charge on any atom is -0.323 e. The predicted molar refractivity (Wildman–Crippen MR) is 106 cm³/mol. The van der Waals surface area contributed by atoms with E-state index in [1.54, 1.807) is 36.4 Å². The second-order valence-electron chi connectivity index (χ2n) is 5.43. The summed E-state index contributed by atoms with van der Waals surface area (Å²) >= 11 is 6.06. The number of halogens is 1. The second kappa shape index (κ2) is 8.74. The molecule has 0 saturated heterocycles. The molecule has 3 aromatic carbocycles. The molecule has 5 heteroatoms. The zero-order chi connectivity index (χ0) is 18.2. The fraction of sp³-hybridized carbons (Fsp3) is 0. The zero-order valence-electron chi connectivity index (χ0n) is 13.8. The lowest BCUT2D eigenvalue weighted by Gasteiger charge is -2.02. The number of azo groups is 1. The summed E-state index contributed by atoms with van der Waals surface area (Å²) in [4.78, 5) is 12.0. The van der Waals surface area contributed by atoms with E-state index in [-0.39, 0.29) is 5.91 Å². The van der Waals surface area contributed by atoms with Crippen LogP contribution in [0.2, 0.25) is 5.02 Å². The molecular weight excluding hydrogens is 346 g/mol. The molecule has 0 heterocycles. The Kier molecular flexibility index (Phi) is 5.91. The summed E-state index contributed by atoms with van der Waals surface area (Å²) in [5, 5.41) is 11.7. The first-order chi connectivity index (χ1) is 12.7. The van der Waals surface area contributed by atoms with Crippen LogP contribution in [0.4, 0.5) is 17.1 Å². The van der Waals surface area contributed by atoms with Crippen molar-refractivity contribution in [2.75, 3.05) is 5.32 Å². The van der Waals surface area contributed by atoms with Crippen LogP contribution in [-0.2, 0) is 4.79 Å². The van der Waals surface area contributed by atoms with E-state index in [0.717, 1.165) is 11.3 Å². The molecule has 0 aliphatic rings. The summed E-state index contributed by atoms with van der Waals surface area (Å²) in [7, 11) is 0. The van der Waals surface area contributed by atoms with Gasteiger partial charge < -0.3 is 5.32 Å². The molecule has 0 spiro atoms. The molecule has 0 bridgehead atoms. The third kappa shape index (κ3) is 5.13. The van der Waals surface area contributed by atoms with Crippen molar-refractivity contribution >= 4 is 40.6 Å². The van der Waals surface area contributed by atoms with Gasteiger partial charge in [0.15, 0.2) is 0 Å². The summed E-state index contributed by atoms with van der Waals surface area (Å²) in [5.74, 6) is -0.233. The van der Waals surface area contributed by atoms with Crippen LogP contribution in [0.25, 0.3) is 6.08 Å². The Morgan fingerprint density at radius 2 is 1.42 bits per heavy atom. The van der Waals surface area contributed by atoms with E-state index in [0.29, 0.717) is 16.4 Å². The molecule has 3 rings (SSSR count). The maximum Gasteiger partial charge on any atom is 0.248 e. The van der Waals surface area contributed by atoms with Gasteiger partial charge in [0, 0.05) is 16.8 Å². The zero-order valence-corrected chi connectivity index (χ0v) is 14.6. The highest BCUT2D eigenvalue weighted by molar-refractivity contribution is 6.32. The van der Waals surface area contributed by atoms with Crippen molar-refractivity contribution in [3.05, 3.63) is 95.5 Å². The smallest absolute Gasteiger partial charge is 0.248 e. The van der Waals surface area contributed by atoms with Crippen molar-refractivity contribution in [1.82, 2.24) is 0 Å². The fourth-order valence-corrected chi connectivity index (χ4v) is 2.38. The van der Waals surface area contributed by atoms with E-state index in [1.165, 1.54) is 6.08 Å². The predicted octanol–water partition coefficient (Wildman–Crippen LogP) is 6.41. The molecule has 0 aliphatic heterocycles. The number of anilines is 1. The SMILES string of the molecule is O=C(C=Cc1ccccc1Cl)Nc1ccc(N=Nc2ccccc2)cc1. The molecule has 1 N–H and O–H groups in total. The number of hydrogen-bond acceptors (Lipinski definition) is 3. The topological polar surface area (TPSA) is 53.8 Å². The molecule has 0 unspecified atom stereocenters. The number of benzene rings is 3. The highest BCUT2D eigenvalue weighted by Crippen LogP contribution is 2.20. The van der Waals surface area contributed by atoms with Gasteiger partial charge in [0.2, 0.25) is 5.91 Å². The number of nitrogens with zero attached hydrogens (tertiary/aromatic N) is 2. The van der Waals surface area contributed by atoms with Crippen molar-refractivity contribution < 1.29 is 4.79 Å². The summed E-state index contributed by atoms with van der Waals surface area (Å²) in [5.41, 5.74) is 2.96. The number of amides is 1. The third-order valence-corrected chi connectivity index (χ3v) is 3.84. The van der Waals surface area contributed by atoms with Gasteiger partial charge in [0.25, 0.3) is 0 Å². The number of nitrogens with one attached hydrogen (secondary N) is 1. The largest absolute Gasteiger partial charge is 0.323 e. The van der Waals surface area contributed by atoms with Gasteiger partial charge in [-0.1, -0.05) is 48.0 Å². The average Bonchev–Trinajstić information content (AvgIpc) is 2.68. The molecule has 0 aliphatic carbocycles. The Morgan fingerprint density at radius 3 is 2.12 bits per heavy atom. The first kappa shape index (κ1) is 17.6. The van der Waals surface area contributed by atoms with Gasteiger partial charge >= 0.3 is 0 Å². The minimum atomic E-state index is -0.233. The van der Waals surface area contributed by atoms with Crippen LogP contribution in [0, 0.1) is 0 Å². The molecule has 0 radical (unpaired) electrons. The van der Waals surface area contributed by atoms with Gasteiger partial charge in [-0.3, -0.25) is 4.79 Å². The lowest BCUT2D eigenvalue weighted by Crippen LogP contribution is -2.07. The molecular formula is C21H16ClN3O. The number of rotatable bonds is 5. The molecule has 0 atom stereocenters. The van der Waals surface area contributed by atoms with Crippen LogP contribution in [0.3, 0.4) is 0 Å². The lowest BCUT2D eigenvalue weighted by atomic mass is 10.2. The summed E-state index contributed by atoms with van der Waals surface area (Å²) in [6, 6.07) is 24.0. The number of carbonyl (C=O) groups excluding carboxylic acids is 1. The van der Waals surface area contributed by atoms with Crippen LogP contribution in [0.5, 0.6) is 0 Å². The Labute approximate surface area is 156 Å². The highest BCUT2D eigenvalue weighted by Gasteiger charge is 2.00. The first-order valence-corrected chi connectivity index (χ1v) is 8.39. The molecule has 3 aromatic rings. The Balaban J connectivity index is 1.59. The Morgan fingerprint density at radius 1 is 0.808 bits per heavy atom. The molecule has 0 aromatic heterocycles. The molecule has 26 heavy (non-hydrogen) atoms. The summed E-state index contributed by atoms with van der Waals surface area (Å²) in [6.45, 7) is 0. The van der Waals surface area contributed by atoms with Gasteiger partial charge in [-0.25, -0.2) is 0 Å². The first-order valence-electron chi connectivity index (χ1n) is 8.01. The number of hydrogen-bond donors (Lipinski definition) is 1. The molecule has 1 amide bonds. The van der Waals surface area contributed by atoms with Crippen LogP contribution < -0.4 is 5.32 Å². The van der Waals surface area contributed by atoms with E-state index in [9.17, 15) is 4.79 Å². The fourth-order valence-electron chi connectivity index (χ4n) is 2.18. The maximum absolute atomic E-state index is 12.0. The van der Waals surface area contributed by atoms with Gasteiger partial charge in [-0.05, 0) is 54.1 Å². The monoisotopic (exact) mass is 361 g/mol. The standard InChI is InChI=1S/C21H16ClN3O/c22-20-9-5-4-6-16(20)10-15-21(26)23-17-11-13-19(14-12-17)25-24-18-7-2-1-3-8-18/h1-15H,(H,23,26). The van der Waals surface area contributed by atoms with E-state index >= 15 is 0 Å². The van der Waals surface area contributed by atoms with E-state index in [1.807, 2.05) is 48.5 Å². The third-order valence-electron chi connectivity index (χ3n) is 3.49. The van der Waals surface area contributed by atoms with Gasteiger partial charge in [0.1, 0.15) is 0 Å². The minimum absolute atomic E-state index is 0.233. The Hall–Kier alpha value is -3.24. The molecule has 4 nitrogen and oxygen atoms in total. The van der Waals surface area contributed by atoms with Gasteiger partial charge in [0.05, 0.1) is 11.4 Å². The van der Waals surface area contributed by atoms with Crippen molar-refractivity contribution in [1.29, 1.82) is 0 Å². The van der Waals surface area contributed by atoms with Gasteiger partial charge in [-0.2, -0.15) is 10.2 Å². The average molecular weight is 362 g/mol. The second-order valence-corrected chi connectivity index (χ2v) is 5.83. The van der Waals surface area contributed by atoms with Crippen molar-refractivity contribution in [2.24, 2.45) is 10.2 Å². The van der Waals surface area contributed by atoms with Crippen LogP contribution >= 0.6 is 11.6 Å². The summed E-state index contributed by atoms with van der Waals surface area (Å²) < 4.78 is 0. The van der Waals surface area contributed by atoms with E-state index in [4.69, 9.17) is 11.6 Å². The van der Waals surface area contributed by atoms with Crippen LogP contribution in [-0.4, -0.2) is 5.91 Å². The van der Waals surface area contributed by atoms with Crippen molar-refractivity contribution in [2.45, 2.75) is 0 Å². The quantitative estimate of drug-likeness (QED) is 0.414. The van der Waals surface area contributed by atoms with E-state index in [2.05, 4.69) is 15.5 Å². The Bertz CT molecular complexity index is 935.